The molecule has 1 heteroatoms. The molecule has 0 fully saturated rings. The van der Waals surface area contributed by atoms with Crippen molar-refractivity contribution in [3.63, 3.8) is 0 Å². The van der Waals surface area contributed by atoms with Crippen LogP contribution in [0.2, 0.25) is 0 Å². The van der Waals surface area contributed by atoms with E-state index < -0.39 is 0 Å². The molecular weight excluding hydrogens is 170 g/mol. The van der Waals surface area contributed by atoms with Gasteiger partial charge in [-0.15, -0.1) is 11.8 Å². The molecule has 14 heavy (non-hydrogen) atoms. The van der Waals surface area contributed by atoms with E-state index in [2.05, 4.69) is 39.5 Å². The average Bonchev–Trinajstić information content (AvgIpc) is 2.07. The van der Waals surface area contributed by atoms with Gasteiger partial charge in [-0.25, -0.2) is 0 Å². The van der Waals surface area contributed by atoms with Crippen LogP contribution in [0.25, 0.3) is 0 Å². The zero-order chi connectivity index (χ0) is 10.8. The normalized spacial score (nSPS) is 38.4. The Morgan fingerprint density at radius 2 is 1.57 bits per heavy atom. The second kappa shape index (κ2) is 3.95. The highest BCUT2D eigenvalue weighted by molar-refractivity contribution is 5.09. The van der Waals surface area contributed by atoms with E-state index in [0.717, 1.165) is 25.7 Å². The standard InChI is InChI=1S/C13H23N/c1-11(2)12(3)9-7-5-6-8-10-13(12,4)14/h11H,7-10,14H2,1-4H3. The van der Waals surface area contributed by atoms with Crippen LogP contribution in [0.4, 0.5) is 0 Å². The summed E-state index contributed by atoms with van der Waals surface area (Å²) in [4.78, 5) is 0. The minimum Gasteiger partial charge on any atom is -0.325 e. The highest BCUT2D eigenvalue weighted by Gasteiger charge is 2.43. The van der Waals surface area contributed by atoms with Gasteiger partial charge in [0.05, 0.1) is 0 Å². The highest BCUT2D eigenvalue weighted by atomic mass is 14.8. The van der Waals surface area contributed by atoms with Crippen LogP contribution in [-0.2, 0) is 0 Å². The third-order valence-electron chi connectivity index (χ3n) is 4.24. The van der Waals surface area contributed by atoms with E-state index in [0.29, 0.717) is 5.92 Å². The van der Waals surface area contributed by atoms with Gasteiger partial charge in [-0.3, -0.25) is 0 Å². The second-order valence-corrected chi connectivity index (χ2v) is 5.34. The summed E-state index contributed by atoms with van der Waals surface area (Å²) in [6.07, 6.45) is 4.11. The van der Waals surface area contributed by atoms with Gasteiger partial charge >= 0.3 is 0 Å². The van der Waals surface area contributed by atoms with Crippen LogP contribution in [0.15, 0.2) is 0 Å². The second-order valence-electron chi connectivity index (χ2n) is 5.34. The Kier molecular flexibility index (Phi) is 3.27. The van der Waals surface area contributed by atoms with Gasteiger partial charge < -0.3 is 5.73 Å². The Morgan fingerprint density at radius 1 is 1.07 bits per heavy atom. The van der Waals surface area contributed by atoms with Crippen molar-refractivity contribution in [2.45, 2.75) is 58.9 Å². The van der Waals surface area contributed by atoms with Crippen molar-refractivity contribution in [2.24, 2.45) is 17.1 Å². The van der Waals surface area contributed by atoms with E-state index in [1.54, 1.807) is 0 Å². The SMILES string of the molecule is CC(C)C1(C)CCC#CCCC1(C)N. The molecule has 2 N–H and O–H groups in total. The molecule has 0 aromatic rings. The number of rotatable bonds is 1. The molecule has 1 aliphatic rings. The van der Waals surface area contributed by atoms with Crippen LogP contribution in [-0.4, -0.2) is 5.54 Å². The average molecular weight is 193 g/mol. The molecule has 80 valence electrons. The molecule has 0 bridgehead atoms. The molecule has 0 aromatic heterocycles. The monoisotopic (exact) mass is 193 g/mol. The zero-order valence-electron chi connectivity index (χ0n) is 9.98. The Morgan fingerprint density at radius 3 is 2.07 bits per heavy atom. The van der Waals surface area contributed by atoms with Crippen LogP contribution >= 0.6 is 0 Å². The van der Waals surface area contributed by atoms with Gasteiger partial charge in [0.25, 0.3) is 0 Å². The lowest BCUT2D eigenvalue weighted by atomic mass is 9.61. The summed E-state index contributed by atoms with van der Waals surface area (Å²) in [7, 11) is 0. The first kappa shape index (κ1) is 11.6. The Balaban J connectivity index is 2.95. The third-order valence-corrected chi connectivity index (χ3v) is 4.24. The maximum atomic E-state index is 6.46. The van der Waals surface area contributed by atoms with Crippen molar-refractivity contribution in [2.75, 3.05) is 0 Å². The van der Waals surface area contributed by atoms with E-state index in [1.165, 1.54) is 0 Å². The Labute approximate surface area is 88.5 Å². The van der Waals surface area contributed by atoms with Crippen LogP contribution < -0.4 is 5.73 Å². The van der Waals surface area contributed by atoms with Crippen molar-refractivity contribution in [1.29, 1.82) is 0 Å². The molecule has 0 spiro atoms. The van der Waals surface area contributed by atoms with Gasteiger partial charge in [0, 0.05) is 18.4 Å². The molecule has 0 amide bonds. The molecule has 0 aromatic carbocycles. The molecule has 1 nitrogen and oxygen atoms in total. The maximum absolute atomic E-state index is 6.46. The summed E-state index contributed by atoms with van der Waals surface area (Å²) in [5.74, 6) is 7.04. The van der Waals surface area contributed by atoms with Gasteiger partial charge in [0.15, 0.2) is 0 Å². The summed E-state index contributed by atoms with van der Waals surface area (Å²) >= 11 is 0. The minimum absolute atomic E-state index is 0.0731. The minimum atomic E-state index is -0.0731. The lowest BCUT2D eigenvalue weighted by Crippen LogP contribution is -2.54. The molecule has 0 radical (unpaired) electrons. The van der Waals surface area contributed by atoms with E-state index in [9.17, 15) is 0 Å². The Hall–Kier alpha value is -0.480. The smallest absolute Gasteiger partial charge is 0.0192 e. The van der Waals surface area contributed by atoms with E-state index >= 15 is 0 Å². The summed E-state index contributed by atoms with van der Waals surface area (Å²) in [6.45, 7) is 9.07. The fraction of sp³-hybridized carbons (Fsp3) is 0.846. The van der Waals surface area contributed by atoms with Crippen molar-refractivity contribution < 1.29 is 0 Å². The highest BCUT2D eigenvalue weighted by Crippen LogP contribution is 2.43. The van der Waals surface area contributed by atoms with E-state index in [1.807, 2.05) is 0 Å². The van der Waals surface area contributed by atoms with Crippen LogP contribution in [0.3, 0.4) is 0 Å². The van der Waals surface area contributed by atoms with Gasteiger partial charge in [-0.05, 0) is 31.1 Å². The topological polar surface area (TPSA) is 26.0 Å². The van der Waals surface area contributed by atoms with Crippen molar-refractivity contribution in [3.8, 4) is 11.8 Å². The van der Waals surface area contributed by atoms with Crippen LogP contribution in [0.1, 0.15) is 53.4 Å². The predicted octanol–water partition coefficient (Wildman–Crippen LogP) is 2.94. The predicted molar refractivity (Wildman–Crippen MR) is 61.8 cm³/mol. The van der Waals surface area contributed by atoms with Crippen molar-refractivity contribution in [3.05, 3.63) is 0 Å². The molecule has 0 saturated carbocycles. The molecule has 2 atom stereocenters. The van der Waals surface area contributed by atoms with Gasteiger partial charge in [0.2, 0.25) is 0 Å². The zero-order valence-corrected chi connectivity index (χ0v) is 9.98. The molecular formula is C13H23N. The van der Waals surface area contributed by atoms with Gasteiger partial charge in [-0.2, -0.15) is 0 Å². The van der Waals surface area contributed by atoms with Crippen molar-refractivity contribution >= 4 is 0 Å². The third kappa shape index (κ3) is 1.96. The largest absolute Gasteiger partial charge is 0.325 e. The maximum Gasteiger partial charge on any atom is 0.0192 e. The lowest BCUT2D eigenvalue weighted by molar-refractivity contribution is 0.0763. The first-order valence-corrected chi connectivity index (χ1v) is 5.65. The molecule has 1 rings (SSSR count). The van der Waals surface area contributed by atoms with E-state index in [4.69, 9.17) is 5.73 Å². The summed E-state index contributed by atoms with van der Waals surface area (Å²) < 4.78 is 0. The summed E-state index contributed by atoms with van der Waals surface area (Å²) in [6, 6.07) is 0. The quantitative estimate of drug-likeness (QED) is 0.637. The van der Waals surface area contributed by atoms with Gasteiger partial charge in [0.1, 0.15) is 0 Å². The molecule has 0 saturated heterocycles. The molecule has 2 unspecified atom stereocenters. The first-order chi connectivity index (χ1) is 6.40. The molecule has 0 aliphatic heterocycles. The first-order valence-electron chi connectivity index (χ1n) is 5.65. The summed E-state index contributed by atoms with van der Waals surface area (Å²) in [5.41, 5.74) is 6.61. The number of hydrogen-bond donors (Lipinski definition) is 1. The molecule has 0 heterocycles. The number of nitrogens with two attached hydrogens (primary N) is 1. The lowest BCUT2D eigenvalue weighted by Gasteiger charge is -2.47. The Bertz CT molecular complexity index is 254. The van der Waals surface area contributed by atoms with Crippen LogP contribution in [0, 0.1) is 23.2 Å². The fourth-order valence-corrected chi connectivity index (χ4v) is 2.34. The summed E-state index contributed by atoms with van der Waals surface area (Å²) in [5, 5.41) is 0. The molecule has 1 aliphatic carbocycles. The van der Waals surface area contributed by atoms with Crippen LogP contribution in [0.5, 0.6) is 0 Å². The number of hydrogen-bond acceptors (Lipinski definition) is 1. The van der Waals surface area contributed by atoms with Crippen molar-refractivity contribution in [1.82, 2.24) is 0 Å². The van der Waals surface area contributed by atoms with Gasteiger partial charge in [-0.1, -0.05) is 20.8 Å². The van der Waals surface area contributed by atoms with E-state index in [-0.39, 0.29) is 11.0 Å². The fourth-order valence-electron chi connectivity index (χ4n) is 2.34.